The Morgan fingerprint density at radius 2 is 1.96 bits per heavy atom. The third kappa shape index (κ3) is 4.11. The monoisotopic (exact) mass is 342 g/mol. The number of hydrogen-bond donors (Lipinski definition) is 0. The van der Waals surface area contributed by atoms with Crippen LogP contribution in [0.3, 0.4) is 0 Å². The Morgan fingerprint density at radius 3 is 2.52 bits per heavy atom. The molecule has 0 spiro atoms. The highest BCUT2D eigenvalue weighted by Gasteiger charge is 2.23. The quantitative estimate of drug-likeness (QED) is 0.445. The lowest BCUT2D eigenvalue weighted by Gasteiger charge is -2.18. The molecule has 0 fully saturated rings. The van der Waals surface area contributed by atoms with Crippen LogP contribution in [0.5, 0.6) is 5.75 Å². The SMILES string of the molecule is C#Cc1c(F)ccc2cc(OCOC(=O)C(C)(C)C)cc(C(C)C)c12. The van der Waals surface area contributed by atoms with Crippen molar-refractivity contribution in [3.8, 4) is 18.1 Å². The summed E-state index contributed by atoms with van der Waals surface area (Å²) >= 11 is 0. The van der Waals surface area contributed by atoms with Crippen LogP contribution in [0, 0.1) is 23.6 Å². The minimum atomic E-state index is -0.588. The molecule has 3 nitrogen and oxygen atoms in total. The predicted octanol–water partition coefficient (Wildman–Crippen LogP) is 5.01. The number of terminal acetylenes is 1. The van der Waals surface area contributed by atoms with Gasteiger partial charge in [0.25, 0.3) is 0 Å². The van der Waals surface area contributed by atoms with E-state index in [1.807, 2.05) is 19.9 Å². The molecule has 0 radical (unpaired) electrons. The van der Waals surface area contributed by atoms with Gasteiger partial charge in [-0.15, -0.1) is 6.42 Å². The lowest BCUT2D eigenvalue weighted by atomic mass is 9.92. The van der Waals surface area contributed by atoms with Gasteiger partial charge in [-0.25, -0.2) is 4.39 Å². The van der Waals surface area contributed by atoms with Crippen molar-refractivity contribution in [2.75, 3.05) is 6.79 Å². The van der Waals surface area contributed by atoms with E-state index in [-0.39, 0.29) is 24.2 Å². The molecule has 0 bridgehead atoms. The summed E-state index contributed by atoms with van der Waals surface area (Å²) in [6, 6.07) is 6.61. The second kappa shape index (κ2) is 7.14. The smallest absolute Gasteiger partial charge is 0.314 e. The van der Waals surface area contributed by atoms with Gasteiger partial charge in [0.15, 0.2) is 0 Å². The Kier molecular flexibility index (Phi) is 5.37. The second-order valence-electron chi connectivity index (χ2n) is 7.28. The van der Waals surface area contributed by atoms with Gasteiger partial charge in [0, 0.05) is 5.39 Å². The summed E-state index contributed by atoms with van der Waals surface area (Å²) in [4.78, 5) is 11.8. The van der Waals surface area contributed by atoms with Crippen LogP contribution in [0.25, 0.3) is 10.8 Å². The number of fused-ring (bicyclic) bond motifs is 1. The summed E-state index contributed by atoms with van der Waals surface area (Å²) in [6.07, 6.45) is 5.50. The summed E-state index contributed by atoms with van der Waals surface area (Å²) in [7, 11) is 0. The number of hydrogen-bond acceptors (Lipinski definition) is 3. The maximum atomic E-state index is 14.0. The van der Waals surface area contributed by atoms with E-state index in [4.69, 9.17) is 15.9 Å². The van der Waals surface area contributed by atoms with E-state index in [1.54, 1.807) is 32.9 Å². The van der Waals surface area contributed by atoms with Gasteiger partial charge >= 0.3 is 5.97 Å². The van der Waals surface area contributed by atoms with Gasteiger partial charge in [-0.3, -0.25) is 4.79 Å². The number of benzene rings is 2. The van der Waals surface area contributed by atoms with Crippen LogP contribution in [-0.4, -0.2) is 12.8 Å². The summed E-state index contributed by atoms with van der Waals surface area (Å²) in [5.74, 6) is 2.36. The lowest BCUT2D eigenvalue weighted by Crippen LogP contribution is -2.24. The van der Waals surface area contributed by atoms with Crippen molar-refractivity contribution in [1.82, 2.24) is 0 Å². The number of carbonyl (C=O) groups is 1. The number of ether oxygens (including phenoxy) is 2. The van der Waals surface area contributed by atoms with Crippen molar-refractivity contribution in [3.05, 3.63) is 41.2 Å². The van der Waals surface area contributed by atoms with Gasteiger partial charge in [0.1, 0.15) is 11.6 Å². The molecule has 132 valence electrons. The highest BCUT2D eigenvalue weighted by atomic mass is 19.1. The zero-order valence-corrected chi connectivity index (χ0v) is 15.3. The number of rotatable bonds is 4. The lowest BCUT2D eigenvalue weighted by molar-refractivity contribution is -0.159. The molecule has 2 aromatic rings. The molecule has 25 heavy (non-hydrogen) atoms. The fourth-order valence-electron chi connectivity index (χ4n) is 2.49. The van der Waals surface area contributed by atoms with Crippen LogP contribution in [0.1, 0.15) is 51.7 Å². The molecule has 0 aliphatic heterocycles. The third-order valence-corrected chi connectivity index (χ3v) is 3.87. The Labute approximate surface area is 148 Å². The highest BCUT2D eigenvalue weighted by Crippen LogP contribution is 2.33. The first kappa shape index (κ1) is 18.8. The molecule has 0 aromatic heterocycles. The van der Waals surface area contributed by atoms with Crippen LogP contribution < -0.4 is 4.74 Å². The highest BCUT2D eigenvalue weighted by molar-refractivity contribution is 5.93. The molecule has 0 aliphatic carbocycles. The average Bonchev–Trinajstić information content (AvgIpc) is 2.53. The van der Waals surface area contributed by atoms with E-state index in [1.165, 1.54) is 6.07 Å². The zero-order chi connectivity index (χ0) is 18.8. The number of halogens is 1. The fourth-order valence-corrected chi connectivity index (χ4v) is 2.49. The van der Waals surface area contributed by atoms with E-state index in [0.29, 0.717) is 5.75 Å². The zero-order valence-electron chi connectivity index (χ0n) is 15.3. The second-order valence-corrected chi connectivity index (χ2v) is 7.28. The molecular formula is C21H23FO3. The summed E-state index contributed by atoms with van der Waals surface area (Å²) < 4.78 is 24.8. The van der Waals surface area contributed by atoms with Gasteiger partial charge < -0.3 is 9.47 Å². The van der Waals surface area contributed by atoms with Crippen molar-refractivity contribution in [2.24, 2.45) is 5.41 Å². The van der Waals surface area contributed by atoms with Crippen LogP contribution in [0.2, 0.25) is 0 Å². The molecule has 2 aromatic carbocycles. The Hall–Kier alpha value is -2.54. The molecule has 2 rings (SSSR count). The fraction of sp³-hybridized carbons (Fsp3) is 0.381. The predicted molar refractivity (Wildman–Crippen MR) is 97.0 cm³/mol. The van der Waals surface area contributed by atoms with E-state index in [0.717, 1.165) is 16.3 Å². The average molecular weight is 342 g/mol. The molecule has 0 unspecified atom stereocenters. The molecule has 0 amide bonds. The maximum absolute atomic E-state index is 14.0. The minimum Gasteiger partial charge on any atom is -0.457 e. The number of carbonyl (C=O) groups excluding carboxylic acids is 1. The van der Waals surface area contributed by atoms with Crippen molar-refractivity contribution >= 4 is 16.7 Å². The molecular weight excluding hydrogens is 319 g/mol. The van der Waals surface area contributed by atoms with Gasteiger partial charge in [-0.1, -0.05) is 25.8 Å². The first-order chi connectivity index (χ1) is 11.6. The standard InChI is InChI=1S/C21H23FO3/c1-7-16-18(22)9-8-14-10-15(11-17(13(2)3)19(14)16)24-12-25-20(23)21(4,5)6/h1,8-11,13H,12H2,2-6H3. The topological polar surface area (TPSA) is 35.5 Å². The molecule has 0 saturated carbocycles. The van der Waals surface area contributed by atoms with Gasteiger partial charge in [0.2, 0.25) is 6.79 Å². The molecule has 0 N–H and O–H groups in total. The summed E-state index contributed by atoms with van der Waals surface area (Å²) in [6.45, 7) is 9.16. The van der Waals surface area contributed by atoms with Crippen LogP contribution in [-0.2, 0) is 9.53 Å². The van der Waals surface area contributed by atoms with E-state index < -0.39 is 11.2 Å². The largest absolute Gasteiger partial charge is 0.457 e. The first-order valence-electron chi connectivity index (χ1n) is 8.18. The third-order valence-electron chi connectivity index (χ3n) is 3.87. The van der Waals surface area contributed by atoms with E-state index >= 15 is 0 Å². The van der Waals surface area contributed by atoms with Gasteiger partial charge in [-0.05, 0) is 55.8 Å². The van der Waals surface area contributed by atoms with Gasteiger partial charge in [0.05, 0.1) is 11.0 Å². The molecule has 0 atom stereocenters. The summed E-state index contributed by atoms with van der Waals surface area (Å²) in [5.41, 5.74) is 0.559. The molecule has 0 saturated heterocycles. The Balaban J connectivity index is 2.36. The summed E-state index contributed by atoms with van der Waals surface area (Å²) in [5, 5.41) is 1.51. The van der Waals surface area contributed by atoms with E-state index in [9.17, 15) is 9.18 Å². The van der Waals surface area contributed by atoms with Crippen molar-refractivity contribution in [3.63, 3.8) is 0 Å². The molecule has 4 heteroatoms. The van der Waals surface area contributed by atoms with E-state index in [2.05, 4.69) is 5.92 Å². The first-order valence-corrected chi connectivity index (χ1v) is 8.18. The van der Waals surface area contributed by atoms with Crippen LogP contribution >= 0.6 is 0 Å². The Morgan fingerprint density at radius 1 is 1.28 bits per heavy atom. The molecule has 0 heterocycles. The van der Waals surface area contributed by atoms with Crippen LogP contribution in [0.15, 0.2) is 24.3 Å². The Bertz CT molecular complexity index is 839. The number of esters is 1. The van der Waals surface area contributed by atoms with Crippen LogP contribution in [0.4, 0.5) is 4.39 Å². The van der Waals surface area contributed by atoms with Crippen molar-refractivity contribution in [1.29, 1.82) is 0 Å². The normalized spacial score (nSPS) is 11.4. The van der Waals surface area contributed by atoms with Crippen molar-refractivity contribution < 1.29 is 18.7 Å². The van der Waals surface area contributed by atoms with Gasteiger partial charge in [-0.2, -0.15) is 0 Å². The maximum Gasteiger partial charge on any atom is 0.314 e. The van der Waals surface area contributed by atoms with Crippen molar-refractivity contribution in [2.45, 2.75) is 40.5 Å². The minimum absolute atomic E-state index is 0.122. The molecule has 0 aliphatic rings.